The fourth-order valence-electron chi connectivity index (χ4n) is 5.33. The van der Waals surface area contributed by atoms with Crippen LogP contribution in [0.25, 0.3) is 0 Å². The van der Waals surface area contributed by atoms with Crippen molar-refractivity contribution in [3.8, 4) is 5.75 Å². The first kappa shape index (κ1) is 24.9. The fourth-order valence-corrected chi connectivity index (χ4v) is 5.33. The molecular formula is C28H27F4N3O2. The van der Waals surface area contributed by atoms with Gasteiger partial charge in [-0.3, -0.25) is 4.90 Å². The van der Waals surface area contributed by atoms with E-state index in [4.69, 9.17) is 4.74 Å². The molecule has 3 aromatic rings. The summed E-state index contributed by atoms with van der Waals surface area (Å²) in [5.74, 6) is 0.0891. The van der Waals surface area contributed by atoms with E-state index in [1.165, 1.54) is 30.2 Å². The molecule has 2 aliphatic rings. The maximum atomic E-state index is 14.6. The summed E-state index contributed by atoms with van der Waals surface area (Å²) in [4.78, 5) is 18.8. The third-order valence-corrected chi connectivity index (χ3v) is 7.14. The van der Waals surface area contributed by atoms with Crippen molar-refractivity contribution < 1.29 is 27.1 Å². The number of rotatable bonds is 5. The molecule has 2 amide bonds. The molecule has 2 heterocycles. The SMILES string of the molecule is COc1cccc(F)c1N1CCC(N2Cc3ccccc3N(Cc3ccccc3C(F)(F)F)C2=O)CC1. The molecule has 0 N–H and O–H groups in total. The van der Waals surface area contributed by atoms with Crippen LogP contribution in [0, 0.1) is 5.82 Å². The van der Waals surface area contributed by atoms with Gasteiger partial charge in [0.2, 0.25) is 0 Å². The lowest BCUT2D eigenvalue weighted by Gasteiger charge is -2.44. The second-order valence-corrected chi connectivity index (χ2v) is 9.29. The average Bonchev–Trinajstić information content (AvgIpc) is 2.90. The molecule has 0 radical (unpaired) electrons. The number of hydrogen-bond acceptors (Lipinski definition) is 3. The highest BCUT2D eigenvalue weighted by Crippen LogP contribution is 2.38. The number of hydrogen-bond donors (Lipinski definition) is 0. The summed E-state index contributed by atoms with van der Waals surface area (Å²) < 4.78 is 61.0. The highest BCUT2D eigenvalue weighted by atomic mass is 19.4. The predicted molar refractivity (Wildman–Crippen MR) is 133 cm³/mol. The van der Waals surface area contributed by atoms with E-state index in [1.807, 2.05) is 17.0 Å². The number of para-hydroxylation sites is 2. The average molecular weight is 514 g/mol. The van der Waals surface area contributed by atoms with E-state index in [0.717, 1.165) is 11.6 Å². The molecule has 0 aliphatic carbocycles. The lowest BCUT2D eigenvalue weighted by atomic mass is 9.99. The number of fused-ring (bicyclic) bond motifs is 1. The van der Waals surface area contributed by atoms with Gasteiger partial charge in [-0.2, -0.15) is 13.2 Å². The summed E-state index contributed by atoms with van der Waals surface area (Å²) in [7, 11) is 1.50. The van der Waals surface area contributed by atoms with Crippen LogP contribution in [0.15, 0.2) is 66.7 Å². The summed E-state index contributed by atoms with van der Waals surface area (Å²) in [6, 6.07) is 16.9. The summed E-state index contributed by atoms with van der Waals surface area (Å²) in [5, 5.41) is 0. The second kappa shape index (κ2) is 9.95. The Hall–Kier alpha value is -3.75. The van der Waals surface area contributed by atoms with E-state index in [1.54, 1.807) is 35.2 Å². The molecule has 0 aromatic heterocycles. The first-order valence-corrected chi connectivity index (χ1v) is 12.2. The van der Waals surface area contributed by atoms with E-state index < -0.39 is 11.7 Å². The van der Waals surface area contributed by atoms with Crippen LogP contribution < -0.4 is 14.5 Å². The van der Waals surface area contributed by atoms with E-state index in [2.05, 4.69) is 0 Å². The number of methoxy groups -OCH3 is 1. The van der Waals surface area contributed by atoms with Gasteiger partial charge in [-0.25, -0.2) is 9.18 Å². The fraction of sp³-hybridized carbons (Fsp3) is 0.321. The Morgan fingerprint density at radius 1 is 0.946 bits per heavy atom. The molecule has 194 valence electrons. The van der Waals surface area contributed by atoms with Gasteiger partial charge in [-0.1, -0.05) is 42.5 Å². The van der Waals surface area contributed by atoms with Crippen molar-refractivity contribution in [3.05, 3.63) is 89.2 Å². The van der Waals surface area contributed by atoms with Crippen LogP contribution in [0.2, 0.25) is 0 Å². The monoisotopic (exact) mass is 513 g/mol. The number of alkyl halides is 3. The van der Waals surface area contributed by atoms with Gasteiger partial charge in [0.25, 0.3) is 0 Å². The molecule has 2 aliphatic heterocycles. The number of carbonyl (C=O) groups is 1. The number of halogens is 4. The number of benzene rings is 3. The zero-order valence-electron chi connectivity index (χ0n) is 20.3. The quantitative estimate of drug-likeness (QED) is 0.367. The van der Waals surface area contributed by atoms with Crippen LogP contribution in [-0.4, -0.2) is 37.2 Å². The zero-order valence-corrected chi connectivity index (χ0v) is 20.3. The van der Waals surface area contributed by atoms with Crippen molar-refractivity contribution in [1.29, 1.82) is 0 Å². The van der Waals surface area contributed by atoms with Crippen LogP contribution in [-0.2, 0) is 19.3 Å². The lowest BCUT2D eigenvalue weighted by Crippen LogP contribution is -2.54. The van der Waals surface area contributed by atoms with Gasteiger partial charge in [-0.05, 0) is 48.2 Å². The standard InChI is InChI=1S/C28H27F4N3O2/c1-37-25-12-6-10-23(29)26(25)33-15-13-21(14-16-33)34-18-20-8-3-5-11-24(20)35(27(34)36)17-19-7-2-4-9-22(19)28(30,31)32/h2-12,21H,13-18H2,1H3. The molecule has 3 aromatic carbocycles. The summed E-state index contributed by atoms with van der Waals surface area (Å²) in [6.07, 6.45) is -3.33. The maximum Gasteiger partial charge on any atom is 0.416 e. The summed E-state index contributed by atoms with van der Waals surface area (Å²) in [5.41, 5.74) is 1.20. The highest BCUT2D eigenvalue weighted by molar-refractivity contribution is 5.95. The number of anilines is 2. The normalized spacial score (nSPS) is 16.7. The molecule has 0 unspecified atom stereocenters. The molecule has 0 saturated carbocycles. The van der Waals surface area contributed by atoms with Gasteiger partial charge in [0.15, 0.2) is 0 Å². The number of ether oxygens (including phenoxy) is 1. The minimum atomic E-state index is -4.52. The molecule has 1 fully saturated rings. The van der Waals surface area contributed by atoms with Gasteiger partial charge in [0.05, 0.1) is 24.9 Å². The van der Waals surface area contributed by atoms with Gasteiger partial charge in [-0.15, -0.1) is 0 Å². The van der Waals surface area contributed by atoms with E-state index in [0.29, 0.717) is 49.6 Å². The van der Waals surface area contributed by atoms with E-state index in [-0.39, 0.29) is 30.0 Å². The summed E-state index contributed by atoms with van der Waals surface area (Å²) in [6.45, 7) is 1.22. The molecule has 1 saturated heterocycles. The molecule has 0 atom stereocenters. The van der Waals surface area contributed by atoms with E-state index in [9.17, 15) is 22.4 Å². The van der Waals surface area contributed by atoms with Crippen LogP contribution in [0.1, 0.15) is 29.5 Å². The first-order valence-electron chi connectivity index (χ1n) is 12.2. The van der Waals surface area contributed by atoms with Crippen molar-refractivity contribution in [2.75, 3.05) is 30.0 Å². The minimum Gasteiger partial charge on any atom is -0.494 e. The summed E-state index contributed by atoms with van der Waals surface area (Å²) >= 11 is 0. The third kappa shape index (κ3) is 4.82. The molecule has 9 heteroatoms. The van der Waals surface area contributed by atoms with Gasteiger partial charge in [0.1, 0.15) is 17.3 Å². The number of piperidine rings is 1. The largest absolute Gasteiger partial charge is 0.494 e. The molecule has 0 bridgehead atoms. The van der Waals surface area contributed by atoms with Crippen molar-refractivity contribution in [3.63, 3.8) is 0 Å². The molecule has 0 spiro atoms. The zero-order chi connectivity index (χ0) is 26.2. The Kier molecular flexibility index (Phi) is 6.70. The van der Waals surface area contributed by atoms with E-state index >= 15 is 0 Å². The highest BCUT2D eigenvalue weighted by Gasteiger charge is 2.38. The lowest BCUT2D eigenvalue weighted by molar-refractivity contribution is -0.138. The van der Waals surface area contributed by atoms with Crippen molar-refractivity contribution in [2.24, 2.45) is 0 Å². The molecule has 5 nitrogen and oxygen atoms in total. The van der Waals surface area contributed by atoms with Crippen molar-refractivity contribution >= 4 is 17.4 Å². The second-order valence-electron chi connectivity index (χ2n) is 9.29. The minimum absolute atomic E-state index is 0.0430. The number of urea groups is 1. The van der Waals surface area contributed by atoms with Crippen molar-refractivity contribution in [1.82, 2.24) is 4.90 Å². The van der Waals surface area contributed by atoms with Crippen LogP contribution in [0.3, 0.4) is 0 Å². The Balaban J connectivity index is 1.39. The Morgan fingerprint density at radius 2 is 1.65 bits per heavy atom. The van der Waals surface area contributed by atoms with Gasteiger partial charge < -0.3 is 14.5 Å². The van der Waals surface area contributed by atoms with Crippen LogP contribution in [0.5, 0.6) is 5.75 Å². The Bertz CT molecular complexity index is 1290. The molecule has 37 heavy (non-hydrogen) atoms. The number of nitrogens with zero attached hydrogens (tertiary/aromatic N) is 3. The van der Waals surface area contributed by atoms with Crippen LogP contribution in [0.4, 0.5) is 33.7 Å². The predicted octanol–water partition coefficient (Wildman–Crippen LogP) is 6.46. The Labute approximate surface area is 212 Å². The number of amides is 2. The molecule has 5 rings (SSSR count). The third-order valence-electron chi connectivity index (χ3n) is 7.14. The van der Waals surface area contributed by atoms with Crippen molar-refractivity contribution in [2.45, 2.75) is 38.1 Å². The molecular weight excluding hydrogens is 486 g/mol. The van der Waals surface area contributed by atoms with Gasteiger partial charge >= 0.3 is 12.2 Å². The smallest absolute Gasteiger partial charge is 0.416 e. The van der Waals surface area contributed by atoms with Crippen LogP contribution >= 0.6 is 0 Å². The maximum absolute atomic E-state index is 14.6. The topological polar surface area (TPSA) is 36.0 Å². The van der Waals surface area contributed by atoms with Gasteiger partial charge in [0, 0.05) is 25.7 Å². The number of carbonyl (C=O) groups excluding carboxylic acids is 1. The first-order chi connectivity index (χ1) is 17.8. The Morgan fingerprint density at radius 3 is 2.38 bits per heavy atom.